The van der Waals surface area contributed by atoms with Crippen LogP contribution in [0.25, 0.3) is 0 Å². The Labute approximate surface area is 153 Å². The van der Waals surface area contributed by atoms with Crippen molar-refractivity contribution in [3.63, 3.8) is 0 Å². The predicted molar refractivity (Wildman–Crippen MR) is 97.5 cm³/mol. The van der Waals surface area contributed by atoms with Crippen molar-refractivity contribution in [3.8, 4) is 0 Å². The summed E-state index contributed by atoms with van der Waals surface area (Å²) < 4.78 is 32.1. The van der Waals surface area contributed by atoms with E-state index in [1.807, 2.05) is 13.8 Å². The van der Waals surface area contributed by atoms with E-state index >= 15 is 0 Å². The highest BCUT2D eigenvalue weighted by atomic mass is 19.1. The van der Waals surface area contributed by atoms with E-state index in [2.05, 4.69) is 0 Å². The Morgan fingerprint density at radius 1 is 1.08 bits per heavy atom. The Kier molecular flexibility index (Phi) is 7.73. The third kappa shape index (κ3) is 5.63. The number of nitrogens with zero attached hydrogens (tertiary/aromatic N) is 1. The van der Waals surface area contributed by atoms with Crippen LogP contribution in [0.1, 0.15) is 43.9 Å². The summed E-state index contributed by atoms with van der Waals surface area (Å²) in [5.41, 5.74) is 1.57. The second kappa shape index (κ2) is 10.0. The van der Waals surface area contributed by atoms with Crippen molar-refractivity contribution in [2.45, 2.75) is 39.3 Å². The lowest BCUT2D eigenvalue weighted by molar-refractivity contribution is -0.135. The van der Waals surface area contributed by atoms with Crippen LogP contribution >= 0.6 is 0 Å². The van der Waals surface area contributed by atoms with Gasteiger partial charge in [-0.25, -0.2) is 8.78 Å². The molecule has 3 nitrogen and oxygen atoms in total. The van der Waals surface area contributed by atoms with E-state index in [1.54, 1.807) is 29.2 Å². The molecular weight excluding hydrogens is 336 g/mol. The molecule has 1 unspecified atom stereocenters. The number of halogens is 2. The molecule has 0 aliphatic carbocycles. The van der Waals surface area contributed by atoms with E-state index in [1.165, 1.54) is 24.3 Å². The third-order valence-electron chi connectivity index (χ3n) is 4.24. The first-order valence-corrected chi connectivity index (χ1v) is 8.92. The fourth-order valence-electron chi connectivity index (χ4n) is 2.97. The van der Waals surface area contributed by atoms with Gasteiger partial charge in [0.15, 0.2) is 0 Å². The Morgan fingerprint density at radius 2 is 1.81 bits per heavy atom. The maximum atomic E-state index is 13.6. The summed E-state index contributed by atoms with van der Waals surface area (Å²) in [5.74, 6) is -0.721. The first kappa shape index (κ1) is 20.0. The van der Waals surface area contributed by atoms with Crippen LogP contribution in [0, 0.1) is 11.6 Å². The Hall–Kier alpha value is -2.27. The van der Waals surface area contributed by atoms with Crippen molar-refractivity contribution in [2.24, 2.45) is 0 Å². The molecule has 1 amide bonds. The topological polar surface area (TPSA) is 29.5 Å². The van der Waals surface area contributed by atoms with Crippen molar-refractivity contribution in [3.05, 3.63) is 71.3 Å². The third-order valence-corrected chi connectivity index (χ3v) is 4.24. The average Bonchev–Trinajstić information content (AvgIpc) is 2.63. The number of hydrogen-bond acceptors (Lipinski definition) is 2. The molecule has 1 atom stereocenters. The van der Waals surface area contributed by atoms with Crippen molar-refractivity contribution >= 4 is 5.91 Å². The SMILES string of the molecule is CCOCCC(=O)N(Cc1cccc(F)c1)C(CC)c1ccc(F)cc1. The molecule has 0 fully saturated rings. The van der Waals surface area contributed by atoms with Crippen molar-refractivity contribution < 1.29 is 18.3 Å². The van der Waals surface area contributed by atoms with Gasteiger partial charge < -0.3 is 9.64 Å². The first-order chi connectivity index (χ1) is 12.5. The first-order valence-electron chi connectivity index (χ1n) is 8.92. The smallest absolute Gasteiger partial charge is 0.225 e. The van der Waals surface area contributed by atoms with Crippen LogP contribution in [0.3, 0.4) is 0 Å². The molecule has 0 heterocycles. The minimum atomic E-state index is -0.334. The zero-order valence-electron chi connectivity index (χ0n) is 15.3. The van der Waals surface area contributed by atoms with Crippen LogP contribution in [-0.4, -0.2) is 24.0 Å². The highest BCUT2D eigenvalue weighted by Gasteiger charge is 2.24. The summed E-state index contributed by atoms with van der Waals surface area (Å²) in [4.78, 5) is 14.5. The molecule has 2 aromatic carbocycles. The van der Waals surface area contributed by atoms with Crippen molar-refractivity contribution in [1.29, 1.82) is 0 Å². The van der Waals surface area contributed by atoms with Crippen LogP contribution in [0.5, 0.6) is 0 Å². The summed E-state index contributed by atoms with van der Waals surface area (Å²) in [6.45, 7) is 5.03. The minimum absolute atomic E-state index is 0.0705. The fraction of sp³-hybridized carbons (Fsp3) is 0.381. The normalized spacial score (nSPS) is 12.0. The summed E-state index contributed by atoms with van der Waals surface area (Å²) in [7, 11) is 0. The van der Waals surface area contributed by atoms with E-state index in [9.17, 15) is 13.6 Å². The molecule has 2 aromatic rings. The maximum absolute atomic E-state index is 13.6. The maximum Gasteiger partial charge on any atom is 0.225 e. The molecule has 0 N–H and O–H groups in total. The van der Waals surface area contributed by atoms with E-state index < -0.39 is 0 Å². The van der Waals surface area contributed by atoms with Gasteiger partial charge in [0, 0.05) is 13.2 Å². The predicted octanol–water partition coefficient (Wildman–Crippen LogP) is 4.87. The molecule has 0 spiro atoms. The second-order valence-electron chi connectivity index (χ2n) is 6.07. The second-order valence-corrected chi connectivity index (χ2v) is 6.07. The molecular formula is C21H25F2NO2. The molecule has 26 heavy (non-hydrogen) atoms. The molecule has 0 bridgehead atoms. The van der Waals surface area contributed by atoms with Gasteiger partial charge in [-0.2, -0.15) is 0 Å². The lowest BCUT2D eigenvalue weighted by atomic mass is 10.0. The van der Waals surface area contributed by atoms with Gasteiger partial charge in [0.25, 0.3) is 0 Å². The molecule has 0 saturated carbocycles. The average molecular weight is 361 g/mol. The Balaban J connectivity index is 2.27. The van der Waals surface area contributed by atoms with Crippen LogP contribution in [0.4, 0.5) is 8.78 Å². The van der Waals surface area contributed by atoms with Gasteiger partial charge in [-0.1, -0.05) is 31.2 Å². The Bertz CT molecular complexity index is 703. The molecule has 140 valence electrons. The molecule has 0 aliphatic heterocycles. The van der Waals surface area contributed by atoms with Crippen molar-refractivity contribution in [1.82, 2.24) is 4.90 Å². The van der Waals surface area contributed by atoms with E-state index in [4.69, 9.17) is 4.74 Å². The largest absolute Gasteiger partial charge is 0.381 e. The molecule has 0 aromatic heterocycles. The highest BCUT2D eigenvalue weighted by molar-refractivity contribution is 5.77. The highest BCUT2D eigenvalue weighted by Crippen LogP contribution is 2.27. The van der Waals surface area contributed by atoms with Gasteiger partial charge in [0.1, 0.15) is 11.6 Å². The van der Waals surface area contributed by atoms with Crippen molar-refractivity contribution in [2.75, 3.05) is 13.2 Å². The lowest BCUT2D eigenvalue weighted by Crippen LogP contribution is -2.35. The van der Waals surface area contributed by atoms with Crippen LogP contribution in [0.15, 0.2) is 48.5 Å². The van der Waals surface area contributed by atoms with Crippen LogP contribution in [0.2, 0.25) is 0 Å². The number of benzene rings is 2. The summed E-state index contributed by atoms with van der Waals surface area (Å²) in [5, 5.41) is 0. The van der Waals surface area contributed by atoms with E-state index in [-0.39, 0.29) is 30.0 Å². The van der Waals surface area contributed by atoms with Gasteiger partial charge in [-0.15, -0.1) is 0 Å². The lowest BCUT2D eigenvalue weighted by Gasteiger charge is -2.32. The standard InChI is InChI=1S/C21H25F2NO2/c1-3-20(17-8-10-18(22)11-9-17)24(21(25)12-13-26-4-2)15-16-6-5-7-19(23)14-16/h5-11,14,20H,3-4,12-13,15H2,1-2H3. The van der Waals surface area contributed by atoms with Crippen LogP contribution < -0.4 is 0 Å². The monoisotopic (exact) mass is 361 g/mol. The van der Waals surface area contributed by atoms with Crippen LogP contribution in [-0.2, 0) is 16.1 Å². The summed E-state index contributed by atoms with van der Waals surface area (Å²) in [6, 6.07) is 12.2. The number of ether oxygens (including phenoxy) is 1. The number of carbonyl (C=O) groups excluding carboxylic acids is 1. The van der Waals surface area contributed by atoms with E-state index in [0.29, 0.717) is 26.2 Å². The number of carbonyl (C=O) groups is 1. The number of amides is 1. The van der Waals surface area contributed by atoms with Gasteiger partial charge in [0.05, 0.1) is 19.1 Å². The minimum Gasteiger partial charge on any atom is -0.381 e. The molecule has 5 heteroatoms. The molecule has 0 radical (unpaired) electrons. The zero-order chi connectivity index (χ0) is 18.9. The summed E-state index contributed by atoms with van der Waals surface area (Å²) >= 11 is 0. The number of rotatable bonds is 9. The summed E-state index contributed by atoms with van der Waals surface area (Å²) in [6.07, 6.45) is 0.919. The van der Waals surface area contributed by atoms with Gasteiger partial charge in [0.2, 0.25) is 5.91 Å². The molecule has 0 saturated heterocycles. The van der Waals surface area contributed by atoms with Gasteiger partial charge in [-0.05, 0) is 48.7 Å². The van der Waals surface area contributed by atoms with Gasteiger partial charge >= 0.3 is 0 Å². The molecule has 0 aliphatic rings. The quantitative estimate of drug-likeness (QED) is 0.596. The number of hydrogen-bond donors (Lipinski definition) is 0. The zero-order valence-corrected chi connectivity index (χ0v) is 15.3. The van der Waals surface area contributed by atoms with Gasteiger partial charge in [-0.3, -0.25) is 4.79 Å². The Morgan fingerprint density at radius 3 is 2.42 bits per heavy atom. The molecule has 2 rings (SSSR count). The van der Waals surface area contributed by atoms with E-state index in [0.717, 1.165) is 11.1 Å². The fourth-order valence-corrected chi connectivity index (χ4v) is 2.97.